The average Bonchev–Trinajstić information content (AvgIpc) is 2.89. The molecule has 1 aromatic rings. The second-order valence-corrected chi connectivity index (χ2v) is 4.72. The quantitative estimate of drug-likeness (QED) is 0.792. The van der Waals surface area contributed by atoms with Gasteiger partial charge in [0.1, 0.15) is 5.75 Å². The molecule has 0 aliphatic heterocycles. The van der Waals surface area contributed by atoms with Crippen LogP contribution in [0.1, 0.15) is 30.2 Å². The van der Waals surface area contributed by atoms with Crippen LogP contribution in [-0.2, 0) is 0 Å². The number of thiophene rings is 1. The van der Waals surface area contributed by atoms with Crippen molar-refractivity contribution < 1.29 is 4.74 Å². The standard InChI is InChI=1S/C12H17NOS/c1-13-12(9-5-3-4-6-9)11-7-10(14-2)8-15-11/h5,7-8,12-13H,3-4,6H2,1-2H3. The van der Waals surface area contributed by atoms with Crippen molar-refractivity contribution in [2.75, 3.05) is 14.2 Å². The molecule has 0 radical (unpaired) electrons. The number of likely N-dealkylation sites (N-methyl/N-ethyl adjacent to an activating group) is 1. The van der Waals surface area contributed by atoms with Gasteiger partial charge in [-0.3, -0.25) is 0 Å². The summed E-state index contributed by atoms with van der Waals surface area (Å²) in [6.45, 7) is 0. The Kier molecular flexibility index (Phi) is 3.44. The molecule has 1 unspecified atom stereocenters. The summed E-state index contributed by atoms with van der Waals surface area (Å²) in [4.78, 5) is 1.35. The van der Waals surface area contributed by atoms with E-state index in [2.05, 4.69) is 22.8 Å². The summed E-state index contributed by atoms with van der Waals surface area (Å²) in [7, 11) is 3.74. The minimum Gasteiger partial charge on any atom is -0.496 e. The highest BCUT2D eigenvalue weighted by molar-refractivity contribution is 7.10. The number of methoxy groups -OCH3 is 1. The minimum atomic E-state index is 0.390. The molecule has 2 rings (SSSR count). The van der Waals surface area contributed by atoms with Crippen molar-refractivity contribution in [1.82, 2.24) is 5.32 Å². The summed E-state index contributed by atoms with van der Waals surface area (Å²) in [6, 6.07) is 2.52. The maximum absolute atomic E-state index is 5.22. The SMILES string of the molecule is CNC(C1=CCCC1)c1cc(OC)cs1. The third kappa shape index (κ3) is 2.24. The predicted octanol–water partition coefficient (Wildman–Crippen LogP) is 3.13. The molecule has 1 atom stereocenters. The number of rotatable bonds is 4. The highest BCUT2D eigenvalue weighted by Gasteiger charge is 2.18. The van der Waals surface area contributed by atoms with Gasteiger partial charge in [0.05, 0.1) is 13.2 Å². The first-order valence-electron chi connectivity index (χ1n) is 5.33. The highest BCUT2D eigenvalue weighted by Crippen LogP contribution is 2.35. The van der Waals surface area contributed by atoms with E-state index in [1.54, 1.807) is 18.4 Å². The van der Waals surface area contributed by atoms with Crippen molar-refractivity contribution in [3.63, 3.8) is 0 Å². The summed E-state index contributed by atoms with van der Waals surface area (Å²) >= 11 is 1.77. The van der Waals surface area contributed by atoms with Crippen LogP contribution in [0, 0.1) is 0 Å². The van der Waals surface area contributed by atoms with Gasteiger partial charge >= 0.3 is 0 Å². The van der Waals surface area contributed by atoms with Gasteiger partial charge in [-0.2, -0.15) is 0 Å². The molecule has 1 aromatic heterocycles. The van der Waals surface area contributed by atoms with Crippen molar-refractivity contribution in [2.45, 2.75) is 25.3 Å². The van der Waals surface area contributed by atoms with Crippen molar-refractivity contribution in [1.29, 1.82) is 0 Å². The van der Waals surface area contributed by atoms with Crippen LogP contribution >= 0.6 is 11.3 Å². The zero-order chi connectivity index (χ0) is 10.7. The lowest BCUT2D eigenvalue weighted by atomic mass is 10.1. The van der Waals surface area contributed by atoms with Crippen molar-refractivity contribution >= 4 is 11.3 Å². The lowest BCUT2D eigenvalue weighted by molar-refractivity contribution is 0.416. The molecule has 82 valence electrons. The molecule has 1 N–H and O–H groups in total. The van der Waals surface area contributed by atoms with E-state index < -0.39 is 0 Å². The molecule has 0 fully saturated rings. The van der Waals surface area contributed by atoms with Gasteiger partial charge in [0.25, 0.3) is 0 Å². The van der Waals surface area contributed by atoms with Gasteiger partial charge in [-0.15, -0.1) is 11.3 Å². The molecule has 1 heterocycles. The van der Waals surface area contributed by atoms with E-state index in [1.807, 2.05) is 7.05 Å². The van der Waals surface area contributed by atoms with Crippen LogP contribution in [0.5, 0.6) is 5.75 Å². The van der Waals surface area contributed by atoms with Gasteiger partial charge in [0.15, 0.2) is 0 Å². The Bertz CT molecular complexity index is 356. The Labute approximate surface area is 95.0 Å². The predicted molar refractivity (Wildman–Crippen MR) is 64.6 cm³/mol. The van der Waals surface area contributed by atoms with E-state index in [0.717, 1.165) is 5.75 Å². The van der Waals surface area contributed by atoms with Crippen LogP contribution in [0.3, 0.4) is 0 Å². The molecule has 2 nitrogen and oxygen atoms in total. The van der Waals surface area contributed by atoms with Crippen molar-refractivity contribution in [3.05, 3.63) is 28.0 Å². The number of hydrogen-bond donors (Lipinski definition) is 1. The largest absolute Gasteiger partial charge is 0.496 e. The van der Waals surface area contributed by atoms with E-state index in [-0.39, 0.29) is 0 Å². The Morgan fingerprint density at radius 1 is 1.53 bits per heavy atom. The second-order valence-electron chi connectivity index (χ2n) is 3.78. The van der Waals surface area contributed by atoms with Crippen LogP contribution in [0.2, 0.25) is 0 Å². The second kappa shape index (κ2) is 4.81. The molecule has 0 saturated heterocycles. The first-order chi connectivity index (χ1) is 7.35. The zero-order valence-corrected chi connectivity index (χ0v) is 10.1. The molecule has 0 spiro atoms. The fourth-order valence-corrected chi connectivity index (χ4v) is 3.07. The Balaban J connectivity index is 2.18. The van der Waals surface area contributed by atoms with Crippen LogP contribution in [-0.4, -0.2) is 14.2 Å². The summed E-state index contributed by atoms with van der Waals surface area (Å²) in [5, 5.41) is 5.45. The van der Waals surface area contributed by atoms with Gasteiger partial charge in [-0.25, -0.2) is 0 Å². The van der Waals surface area contributed by atoms with Gasteiger partial charge in [0, 0.05) is 10.3 Å². The van der Waals surface area contributed by atoms with Crippen LogP contribution in [0.4, 0.5) is 0 Å². The summed E-state index contributed by atoms with van der Waals surface area (Å²) in [6.07, 6.45) is 6.13. The number of nitrogens with one attached hydrogen (secondary N) is 1. The number of ether oxygens (including phenoxy) is 1. The maximum Gasteiger partial charge on any atom is 0.129 e. The third-order valence-electron chi connectivity index (χ3n) is 2.85. The lowest BCUT2D eigenvalue weighted by Crippen LogP contribution is -2.16. The highest BCUT2D eigenvalue weighted by atomic mass is 32.1. The molecule has 0 bridgehead atoms. The minimum absolute atomic E-state index is 0.390. The van der Waals surface area contributed by atoms with Gasteiger partial charge in [-0.1, -0.05) is 11.6 Å². The van der Waals surface area contributed by atoms with E-state index in [9.17, 15) is 0 Å². The van der Waals surface area contributed by atoms with E-state index in [4.69, 9.17) is 4.74 Å². The average molecular weight is 223 g/mol. The van der Waals surface area contributed by atoms with E-state index in [1.165, 1.54) is 29.7 Å². The summed E-state index contributed by atoms with van der Waals surface area (Å²) in [5.41, 5.74) is 1.53. The Morgan fingerprint density at radius 3 is 2.93 bits per heavy atom. The lowest BCUT2D eigenvalue weighted by Gasteiger charge is -2.15. The summed E-state index contributed by atoms with van der Waals surface area (Å²) in [5.74, 6) is 0.967. The molecule has 0 saturated carbocycles. The van der Waals surface area contributed by atoms with Crippen molar-refractivity contribution in [2.24, 2.45) is 0 Å². The third-order valence-corrected chi connectivity index (χ3v) is 3.83. The summed E-state index contributed by atoms with van der Waals surface area (Å²) < 4.78 is 5.22. The zero-order valence-electron chi connectivity index (χ0n) is 9.25. The molecule has 3 heteroatoms. The van der Waals surface area contributed by atoms with Gasteiger partial charge in [-0.05, 0) is 32.4 Å². The topological polar surface area (TPSA) is 21.3 Å². The van der Waals surface area contributed by atoms with E-state index >= 15 is 0 Å². The first-order valence-corrected chi connectivity index (χ1v) is 6.21. The molecule has 0 amide bonds. The normalized spacial score (nSPS) is 17.6. The van der Waals surface area contributed by atoms with E-state index in [0.29, 0.717) is 6.04 Å². The molecular weight excluding hydrogens is 206 g/mol. The molecule has 15 heavy (non-hydrogen) atoms. The first kappa shape index (κ1) is 10.7. The number of hydrogen-bond acceptors (Lipinski definition) is 3. The van der Waals surface area contributed by atoms with Gasteiger partial charge < -0.3 is 10.1 Å². The van der Waals surface area contributed by atoms with Gasteiger partial charge in [0.2, 0.25) is 0 Å². The molecule has 1 aliphatic rings. The maximum atomic E-state index is 5.22. The Morgan fingerprint density at radius 2 is 2.40 bits per heavy atom. The molecule has 1 aliphatic carbocycles. The fraction of sp³-hybridized carbons (Fsp3) is 0.500. The monoisotopic (exact) mass is 223 g/mol. The van der Waals surface area contributed by atoms with Crippen molar-refractivity contribution in [3.8, 4) is 5.75 Å². The fourth-order valence-electron chi connectivity index (χ4n) is 2.06. The molecule has 0 aromatic carbocycles. The van der Waals surface area contributed by atoms with Crippen LogP contribution < -0.4 is 10.1 Å². The van der Waals surface area contributed by atoms with Crippen LogP contribution in [0.25, 0.3) is 0 Å². The molecular formula is C12H17NOS. The Hall–Kier alpha value is -0.800. The smallest absolute Gasteiger partial charge is 0.129 e. The number of allylic oxidation sites excluding steroid dienone is 1. The van der Waals surface area contributed by atoms with Crippen LogP contribution in [0.15, 0.2) is 23.1 Å².